The molecule has 4 rings (SSSR count). The number of alkyl halides is 3. The zero-order valence-corrected chi connectivity index (χ0v) is 31.4. The van der Waals surface area contributed by atoms with Gasteiger partial charge in [0.25, 0.3) is 6.17 Å². The molecule has 0 bridgehead atoms. The summed E-state index contributed by atoms with van der Waals surface area (Å²) in [6, 6.07) is 0. The Balaban J connectivity index is 0. The van der Waals surface area contributed by atoms with Crippen LogP contribution in [0.5, 0.6) is 0 Å². The van der Waals surface area contributed by atoms with Gasteiger partial charge in [0.2, 0.25) is 0 Å². The SMILES string of the molecule is C1=CC2OC2C1.COC(=O)C(F)(C(=O)OC)[C@@H]1C=CC[C@H]1O.COC(=O)C(F)(C(=O)OC)[C@H]1C=CC[C@@H]1O.COC(=O)C(F)C(=O)OC.C[O-].[Na+]. The molecule has 0 radical (unpaired) electrons. The molecular weight excluding hydrogens is 708 g/mol. The number of aliphatic hydroxyl groups is 2. The monoisotopic (exact) mass is 750 g/mol. The number of ether oxygens (including phenoxy) is 7. The van der Waals surface area contributed by atoms with Crippen LogP contribution in [0.15, 0.2) is 36.5 Å². The Kier molecular flexibility index (Phi) is 23.4. The van der Waals surface area contributed by atoms with E-state index in [9.17, 15) is 52.2 Å². The maximum absolute atomic E-state index is 14.4. The van der Waals surface area contributed by atoms with Gasteiger partial charge < -0.3 is 48.5 Å². The number of carbonyl (C=O) groups excluding carboxylic acids is 6. The van der Waals surface area contributed by atoms with Gasteiger partial charge in [-0.25, -0.2) is 41.9 Å². The summed E-state index contributed by atoms with van der Waals surface area (Å²) >= 11 is 0. The summed E-state index contributed by atoms with van der Waals surface area (Å²) in [7, 11) is 6.57. The number of hydrogen-bond donors (Lipinski definition) is 2. The average molecular weight is 751 g/mol. The molecule has 3 aliphatic carbocycles. The Labute approximate surface area is 314 Å². The summed E-state index contributed by atoms with van der Waals surface area (Å²) in [4.78, 5) is 65.7. The van der Waals surface area contributed by atoms with Gasteiger partial charge in [0.05, 0.1) is 72.8 Å². The normalized spacial score (nSPS) is 22.9. The van der Waals surface area contributed by atoms with Crippen LogP contribution in [0.4, 0.5) is 13.2 Å². The number of hydrogen-bond acceptors (Lipinski definition) is 16. The van der Waals surface area contributed by atoms with Gasteiger partial charge in [-0.1, -0.05) is 36.5 Å². The minimum Gasteiger partial charge on any atom is -0.857 e. The van der Waals surface area contributed by atoms with Gasteiger partial charge in [-0.05, 0) is 19.3 Å². The van der Waals surface area contributed by atoms with Crippen LogP contribution in [0.2, 0.25) is 0 Å². The zero-order valence-electron chi connectivity index (χ0n) is 29.4. The first kappa shape index (κ1) is 49.8. The van der Waals surface area contributed by atoms with Crippen LogP contribution in [0.3, 0.4) is 0 Å². The molecule has 6 atom stereocenters. The third-order valence-electron chi connectivity index (χ3n) is 7.25. The van der Waals surface area contributed by atoms with Gasteiger partial charge in [0, 0.05) is 0 Å². The molecule has 0 aromatic carbocycles. The van der Waals surface area contributed by atoms with Gasteiger partial charge in [0.15, 0.2) is 0 Å². The van der Waals surface area contributed by atoms with Gasteiger partial charge in [-0.3, -0.25) is 0 Å². The second-order valence-corrected chi connectivity index (χ2v) is 10.1. The van der Waals surface area contributed by atoms with Crippen molar-refractivity contribution in [2.45, 2.75) is 61.2 Å². The molecule has 20 heteroatoms. The predicted molar refractivity (Wildman–Crippen MR) is 160 cm³/mol. The molecule has 51 heavy (non-hydrogen) atoms. The molecule has 0 saturated carbocycles. The second-order valence-electron chi connectivity index (χ2n) is 10.1. The molecule has 16 nitrogen and oxygen atoms in total. The van der Waals surface area contributed by atoms with Crippen LogP contribution in [0.25, 0.3) is 0 Å². The first-order valence-corrected chi connectivity index (χ1v) is 14.5. The van der Waals surface area contributed by atoms with Crippen molar-refractivity contribution in [3.05, 3.63) is 36.5 Å². The summed E-state index contributed by atoms with van der Waals surface area (Å²) in [5.41, 5.74) is -5.98. The molecular formula is C31H42F3NaO16. The third-order valence-corrected chi connectivity index (χ3v) is 7.25. The Hall–Kier alpha value is -3.33. The van der Waals surface area contributed by atoms with Crippen molar-refractivity contribution in [2.24, 2.45) is 11.8 Å². The van der Waals surface area contributed by atoms with E-state index in [1.54, 1.807) is 0 Å². The molecule has 1 saturated heterocycles. The number of epoxide rings is 1. The molecule has 1 heterocycles. The maximum atomic E-state index is 14.4. The quantitative estimate of drug-likeness (QED) is 0.0607. The minimum absolute atomic E-state index is 0. The zero-order chi connectivity index (χ0) is 38.8. The van der Waals surface area contributed by atoms with Gasteiger partial charge in [-0.2, -0.15) is 7.11 Å². The standard InChI is InChI=1S/2C10H13FO5.C5H7FO4.C5H6O.CH3O.Na/c2*1-15-8(13)10(11,9(14)16-2)6-4-3-5-7(6)12;1-9-4(7)3(6)5(8)10-2;1-2-4-5(3-1)6-4;1-2;/h2*3-4,6-7,12H,5H2,1-2H3;3H,1-2H3;1-2,4-5H,3H2;1H3;/q;;;;-1;+1/t2*6-,7-;;;;/m10..../s1. The van der Waals surface area contributed by atoms with Crippen LogP contribution in [0.1, 0.15) is 19.3 Å². The Morgan fingerprint density at radius 2 is 0.961 bits per heavy atom. The summed E-state index contributed by atoms with van der Waals surface area (Å²) in [5.74, 6) is -10.5. The van der Waals surface area contributed by atoms with E-state index in [0.29, 0.717) is 12.2 Å². The van der Waals surface area contributed by atoms with Gasteiger partial charge in [-0.15, -0.1) is 0 Å². The largest absolute Gasteiger partial charge is 1.00 e. The van der Waals surface area contributed by atoms with Crippen molar-refractivity contribution in [3.8, 4) is 0 Å². The molecule has 1 fully saturated rings. The molecule has 0 amide bonds. The first-order chi connectivity index (χ1) is 23.6. The molecule has 284 valence electrons. The van der Waals surface area contributed by atoms with E-state index in [-0.39, 0.29) is 42.4 Å². The fourth-order valence-electron chi connectivity index (χ4n) is 4.54. The molecule has 2 unspecified atom stereocenters. The summed E-state index contributed by atoms with van der Waals surface area (Å²) in [6.07, 6.45) is 7.92. The van der Waals surface area contributed by atoms with Crippen molar-refractivity contribution < 1.29 is 120 Å². The number of aliphatic hydroxyl groups excluding tert-OH is 2. The first-order valence-electron chi connectivity index (χ1n) is 14.5. The minimum atomic E-state index is -2.99. The van der Waals surface area contributed by atoms with Crippen LogP contribution in [-0.2, 0) is 61.9 Å². The van der Waals surface area contributed by atoms with Crippen LogP contribution < -0.4 is 34.7 Å². The van der Waals surface area contributed by atoms with Crippen LogP contribution in [0, 0.1) is 11.8 Å². The maximum Gasteiger partial charge on any atom is 1.00 e. The summed E-state index contributed by atoms with van der Waals surface area (Å²) in [5, 5.41) is 27.2. The van der Waals surface area contributed by atoms with Crippen molar-refractivity contribution >= 4 is 35.8 Å². The predicted octanol–water partition coefficient (Wildman–Crippen LogP) is -3.68. The van der Waals surface area contributed by atoms with Crippen molar-refractivity contribution in [2.75, 3.05) is 49.8 Å². The van der Waals surface area contributed by atoms with Crippen molar-refractivity contribution in [3.63, 3.8) is 0 Å². The smallest absolute Gasteiger partial charge is 0.857 e. The van der Waals surface area contributed by atoms with Gasteiger partial charge >= 0.3 is 76.7 Å². The number of fused-ring (bicyclic) bond motifs is 1. The number of carbonyl (C=O) groups is 6. The summed E-state index contributed by atoms with van der Waals surface area (Å²) in [6.45, 7) is 0. The molecule has 0 aromatic rings. The summed E-state index contributed by atoms with van der Waals surface area (Å²) < 4.78 is 70.9. The van der Waals surface area contributed by atoms with Crippen molar-refractivity contribution in [1.82, 2.24) is 0 Å². The van der Waals surface area contributed by atoms with E-state index < -0.39 is 77.4 Å². The number of halogens is 3. The van der Waals surface area contributed by atoms with Crippen LogP contribution >= 0.6 is 0 Å². The third kappa shape index (κ3) is 13.0. The molecule has 0 aromatic heterocycles. The van der Waals surface area contributed by atoms with Crippen molar-refractivity contribution in [1.29, 1.82) is 0 Å². The molecule has 2 N–H and O–H groups in total. The number of esters is 6. The second kappa shape index (κ2) is 24.0. The fourth-order valence-corrected chi connectivity index (χ4v) is 4.54. The van der Waals surface area contributed by atoms with E-state index in [1.807, 2.05) is 0 Å². The van der Waals surface area contributed by atoms with Gasteiger partial charge in [0.1, 0.15) is 6.10 Å². The number of methoxy groups -OCH3 is 6. The fraction of sp³-hybridized carbons (Fsp3) is 0.613. The van der Waals surface area contributed by atoms with E-state index in [1.165, 1.54) is 24.3 Å². The molecule has 4 aliphatic rings. The van der Waals surface area contributed by atoms with E-state index in [4.69, 9.17) is 9.84 Å². The van der Waals surface area contributed by atoms with Crippen LogP contribution in [-0.4, -0.2) is 138 Å². The van der Waals surface area contributed by atoms with E-state index in [2.05, 4.69) is 40.6 Å². The average Bonchev–Trinajstić information content (AvgIpc) is 3.47. The Morgan fingerprint density at radius 1 is 0.647 bits per heavy atom. The Morgan fingerprint density at radius 3 is 1.12 bits per heavy atom. The van der Waals surface area contributed by atoms with E-state index >= 15 is 0 Å². The number of rotatable bonds is 8. The molecule has 1 aliphatic heterocycles. The topological polar surface area (TPSA) is 234 Å². The van der Waals surface area contributed by atoms with E-state index in [0.717, 1.165) is 56.2 Å². The molecule has 0 spiro atoms. The Bertz CT molecular complexity index is 1150.